The van der Waals surface area contributed by atoms with E-state index in [4.69, 9.17) is 11.6 Å². The molecule has 2 aromatic rings. The number of allylic oxidation sites excluding steroid dienone is 1. The lowest BCUT2D eigenvalue weighted by atomic mass is 10.2. The first-order valence-electron chi connectivity index (χ1n) is 8.29. The van der Waals surface area contributed by atoms with E-state index in [1.165, 1.54) is 4.90 Å². The van der Waals surface area contributed by atoms with Crippen molar-refractivity contribution in [2.75, 3.05) is 25.0 Å². The Hall–Kier alpha value is -2.67. The largest absolute Gasteiger partial charge is 0.338 e. The smallest absolute Gasteiger partial charge is 0.322 e. The van der Waals surface area contributed by atoms with Gasteiger partial charge in [-0.3, -0.25) is 14.9 Å². The van der Waals surface area contributed by atoms with Crippen molar-refractivity contribution in [2.24, 2.45) is 4.99 Å². The number of nitrogens with zero attached hydrogens (tertiary/aromatic N) is 5. The fraction of sp³-hybridized carbons (Fsp3) is 0.333. The third-order valence-corrected chi connectivity index (χ3v) is 3.87. The molecule has 0 aliphatic rings. The minimum absolute atomic E-state index is 0.232. The Labute approximate surface area is 158 Å². The molecule has 0 saturated heterocycles. The quantitative estimate of drug-likeness (QED) is 0.436. The Balaban J connectivity index is 2.17. The number of aromatic nitrogens is 3. The number of rotatable bonds is 8. The van der Waals surface area contributed by atoms with E-state index < -0.39 is 0 Å². The molecule has 2 amide bonds. The number of nitrogens with one attached hydrogen (secondary N) is 1. The van der Waals surface area contributed by atoms with Gasteiger partial charge in [0.05, 0.1) is 24.6 Å². The topological polar surface area (TPSA) is 75.4 Å². The Bertz CT molecular complexity index is 771. The van der Waals surface area contributed by atoms with Gasteiger partial charge in [0.1, 0.15) is 5.69 Å². The first-order chi connectivity index (χ1) is 12.5. The molecule has 2 heterocycles. The van der Waals surface area contributed by atoms with Crippen molar-refractivity contribution >= 4 is 29.5 Å². The van der Waals surface area contributed by atoms with Gasteiger partial charge in [0.15, 0.2) is 5.15 Å². The summed E-state index contributed by atoms with van der Waals surface area (Å²) >= 11 is 6.29. The second kappa shape index (κ2) is 9.72. The maximum atomic E-state index is 12.6. The summed E-state index contributed by atoms with van der Waals surface area (Å²) in [7, 11) is 1.66. The SMILES string of the molecule is C=C(C)CCCNC(=O)N(CC=NC)c1cn(-c2cccnc2)nc1Cl. The van der Waals surface area contributed by atoms with Crippen LogP contribution in [0.25, 0.3) is 5.69 Å². The number of amides is 2. The van der Waals surface area contributed by atoms with Gasteiger partial charge in [0, 0.05) is 26.0 Å². The zero-order chi connectivity index (χ0) is 18.9. The van der Waals surface area contributed by atoms with Crippen molar-refractivity contribution in [1.82, 2.24) is 20.1 Å². The van der Waals surface area contributed by atoms with E-state index in [0.29, 0.717) is 18.8 Å². The Morgan fingerprint density at radius 1 is 1.54 bits per heavy atom. The molecular weight excluding hydrogens is 352 g/mol. The molecule has 2 aromatic heterocycles. The van der Waals surface area contributed by atoms with Crippen LogP contribution in [0.15, 0.2) is 47.9 Å². The molecule has 0 spiro atoms. The molecule has 0 aromatic carbocycles. The van der Waals surface area contributed by atoms with E-state index >= 15 is 0 Å². The van der Waals surface area contributed by atoms with Gasteiger partial charge in [0.25, 0.3) is 0 Å². The van der Waals surface area contributed by atoms with Gasteiger partial charge < -0.3 is 5.32 Å². The van der Waals surface area contributed by atoms with Gasteiger partial charge in [-0.1, -0.05) is 17.2 Å². The average molecular weight is 375 g/mol. The highest BCUT2D eigenvalue weighted by atomic mass is 35.5. The predicted octanol–water partition coefficient (Wildman–Crippen LogP) is 3.49. The number of aliphatic imine (C=N–C) groups is 1. The van der Waals surface area contributed by atoms with Crippen LogP contribution in [0.3, 0.4) is 0 Å². The fourth-order valence-electron chi connectivity index (χ4n) is 2.28. The third-order valence-electron chi connectivity index (χ3n) is 3.60. The Morgan fingerprint density at radius 3 is 3.00 bits per heavy atom. The van der Waals surface area contributed by atoms with Gasteiger partial charge in [0.2, 0.25) is 0 Å². The van der Waals surface area contributed by atoms with E-state index in [9.17, 15) is 4.79 Å². The molecule has 2 rings (SSSR count). The summed E-state index contributed by atoms with van der Waals surface area (Å²) in [6.07, 6.45) is 8.40. The highest BCUT2D eigenvalue weighted by Gasteiger charge is 2.20. The molecule has 1 N–H and O–H groups in total. The first-order valence-corrected chi connectivity index (χ1v) is 8.66. The number of carbonyl (C=O) groups is 1. The van der Waals surface area contributed by atoms with Crippen molar-refractivity contribution in [3.63, 3.8) is 0 Å². The molecule has 0 bridgehead atoms. The van der Waals surface area contributed by atoms with E-state index in [1.54, 1.807) is 42.6 Å². The zero-order valence-corrected chi connectivity index (χ0v) is 15.8. The third kappa shape index (κ3) is 5.42. The maximum absolute atomic E-state index is 12.6. The van der Waals surface area contributed by atoms with Crippen LogP contribution in [-0.4, -0.2) is 47.1 Å². The maximum Gasteiger partial charge on any atom is 0.322 e. The molecule has 0 saturated carbocycles. The van der Waals surface area contributed by atoms with Crippen molar-refractivity contribution in [1.29, 1.82) is 0 Å². The normalized spacial score (nSPS) is 10.9. The van der Waals surface area contributed by atoms with Crippen LogP contribution < -0.4 is 10.2 Å². The van der Waals surface area contributed by atoms with Gasteiger partial charge in [-0.15, -0.1) is 6.58 Å². The molecule has 8 heteroatoms. The van der Waals surface area contributed by atoms with Crippen LogP contribution in [0, 0.1) is 0 Å². The summed E-state index contributed by atoms with van der Waals surface area (Å²) in [5.74, 6) is 0. The number of halogens is 1. The lowest BCUT2D eigenvalue weighted by Gasteiger charge is -2.20. The summed E-state index contributed by atoms with van der Waals surface area (Å²) in [6.45, 7) is 6.68. The molecule has 0 fully saturated rings. The van der Waals surface area contributed by atoms with E-state index in [0.717, 1.165) is 24.1 Å². The second-order valence-electron chi connectivity index (χ2n) is 5.80. The molecule has 0 aliphatic carbocycles. The van der Waals surface area contributed by atoms with Gasteiger partial charge >= 0.3 is 6.03 Å². The number of anilines is 1. The van der Waals surface area contributed by atoms with Crippen LogP contribution in [0.1, 0.15) is 19.8 Å². The zero-order valence-electron chi connectivity index (χ0n) is 15.0. The van der Waals surface area contributed by atoms with Crippen LogP contribution in [-0.2, 0) is 0 Å². The van der Waals surface area contributed by atoms with Crippen LogP contribution in [0.5, 0.6) is 0 Å². The minimum atomic E-state index is -0.251. The number of urea groups is 1. The second-order valence-corrected chi connectivity index (χ2v) is 6.16. The molecule has 0 atom stereocenters. The van der Waals surface area contributed by atoms with Crippen LogP contribution >= 0.6 is 11.6 Å². The van der Waals surface area contributed by atoms with Gasteiger partial charge in [-0.25, -0.2) is 9.48 Å². The summed E-state index contributed by atoms with van der Waals surface area (Å²) in [4.78, 5) is 22.2. The molecular formula is C18H23ClN6O. The Kier molecular flexibility index (Phi) is 7.35. The fourth-order valence-corrected chi connectivity index (χ4v) is 2.51. The van der Waals surface area contributed by atoms with E-state index in [1.807, 2.05) is 13.0 Å². The van der Waals surface area contributed by atoms with Gasteiger partial charge in [-0.2, -0.15) is 5.10 Å². The standard InChI is InChI=1S/C18H23ClN6O/c1-14(2)6-4-9-22-18(26)24(11-10-20-3)16-13-25(23-17(16)19)15-7-5-8-21-12-15/h5,7-8,10,12-13H,1,4,6,9,11H2,2-3H3,(H,22,26). The highest BCUT2D eigenvalue weighted by Crippen LogP contribution is 2.25. The Morgan fingerprint density at radius 2 is 2.35 bits per heavy atom. The summed E-state index contributed by atoms with van der Waals surface area (Å²) in [6, 6.07) is 3.41. The van der Waals surface area contributed by atoms with Crippen LogP contribution in [0.2, 0.25) is 5.15 Å². The van der Waals surface area contributed by atoms with E-state index in [-0.39, 0.29) is 11.2 Å². The van der Waals surface area contributed by atoms with Gasteiger partial charge in [-0.05, 0) is 31.9 Å². The minimum Gasteiger partial charge on any atom is -0.338 e. The number of hydrogen-bond donors (Lipinski definition) is 1. The summed E-state index contributed by atoms with van der Waals surface area (Å²) in [5, 5.41) is 7.41. The van der Waals surface area contributed by atoms with Crippen LogP contribution in [0.4, 0.5) is 10.5 Å². The molecule has 0 aliphatic heterocycles. The first kappa shape index (κ1) is 19.7. The number of carbonyl (C=O) groups excluding carboxylic acids is 1. The molecule has 0 radical (unpaired) electrons. The summed E-state index contributed by atoms with van der Waals surface area (Å²) < 4.78 is 1.59. The molecule has 7 nitrogen and oxygen atoms in total. The summed E-state index contributed by atoms with van der Waals surface area (Å²) in [5.41, 5.74) is 2.36. The predicted molar refractivity (Wildman–Crippen MR) is 106 cm³/mol. The van der Waals surface area contributed by atoms with Crippen molar-refractivity contribution in [2.45, 2.75) is 19.8 Å². The number of pyridine rings is 1. The lowest BCUT2D eigenvalue weighted by Crippen LogP contribution is -2.41. The number of hydrogen-bond acceptors (Lipinski definition) is 4. The highest BCUT2D eigenvalue weighted by molar-refractivity contribution is 6.32. The average Bonchev–Trinajstić information content (AvgIpc) is 3.01. The molecule has 138 valence electrons. The van der Waals surface area contributed by atoms with E-state index in [2.05, 4.69) is 27.0 Å². The molecule has 0 unspecified atom stereocenters. The lowest BCUT2D eigenvalue weighted by molar-refractivity contribution is 0.247. The van der Waals surface area contributed by atoms with Crippen molar-refractivity contribution in [3.8, 4) is 5.69 Å². The van der Waals surface area contributed by atoms with Crippen molar-refractivity contribution in [3.05, 3.63) is 48.0 Å². The monoisotopic (exact) mass is 374 g/mol. The molecule has 26 heavy (non-hydrogen) atoms. The van der Waals surface area contributed by atoms with Crippen molar-refractivity contribution < 1.29 is 4.79 Å².